The Bertz CT molecular complexity index is 686. The number of nitro groups is 1. The Morgan fingerprint density at radius 2 is 1.89 bits per heavy atom. The first-order valence-corrected chi connectivity index (χ1v) is 8.90. The van der Waals surface area contributed by atoms with E-state index in [9.17, 15) is 19.7 Å². The zero-order chi connectivity index (χ0) is 19.8. The molecular formula is C18H25N3O6. The van der Waals surface area contributed by atoms with Crippen LogP contribution in [-0.4, -0.2) is 55.1 Å². The molecule has 1 heterocycles. The summed E-state index contributed by atoms with van der Waals surface area (Å²) in [5.74, 6) is -0.641. The summed E-state index contributed by atoms with van der Waals surface area (Å²) in [4.78, 5) is 37.4. The Balaban J connectivity index is 2.24. The molecule has 9 heteroatoms. The van der Waals surface area contributed by atoms with E-state index in [4.69, 9.17) is 9.47 Å². The molecule has 2 rings (SSSR count). The van der Waals surface area contributed by atoms with Crippen LogP contribution in [0.4, 0.5) is 11.4 Å². The van der Waals surface area contributed by atoms with Crippen molar-refractivity contribution in [1.29, 1.82) is 0 Å². The van der Waals surface area contributed by atoms with Crippen molar-refractivity contribution in [2.75, 3.05) is 32.6 Å². The number of carbonyl (C=O) groups excluding carboxylic acids is 2. The van der Waals surface area contributed by atoms with Gasteiger partial charge in [0.05, 0.1) is 31.6 Å². The molecule has 1 N–H and O–H groups in total. The second-order valence-electron chi connectivity index (χ2n) is 6.38. The van der Waals surface area contributed by atoms with Crippen molar-refractivity contribution in [3.63, 3.8) is 0 Å². The number of rotatable bonds is 7. The van der Waals surface area contributed by atoms with E-state index in [0.29, 0.717) is 18.8 Å². The van der Waals surface area contributed by atoms with Crippen LogP contribution in [0.2, 0.25) is 0 Å². The first-order valence-electron chi connectivity index (χ1n) is 8.90. The third kappa shape index (κ3) is 5.65. The Labute approximate surface area is 157 Å². The molecule has 0 aliphatic carbocycles. The first-order chi connectivity index (χ1) is 13.0. The number of anilines is 1. The number of likely N-dealkylation sites (tertiary alicyclic amines) is 1. The summed E-state index contributed by atoms with van der Waals surface area (Å²) in [5, 5.41) is 13.9. The van der Waals surface area contributed by atoms with Crippen LogP contribution in [0.5, 0.6) is 5.75 Å². The first kappa shape index (κ1) is 20.6. The van der Waals surface area contributed by atoms with Crippen molar-refractivity contribution in [2.45, 2.75) is 38.1 Å². The summed E-state index contributed by atoms with van der Waals surface area (Å²) < 4.78 is 9.73. The molecule has 1 aromatic carbocycles. The normalized spacial score (nSPS) is 16.1. The molecule has 1 saturated heterocycles. The summed E-state index contributed by atoms with van der Waals surface area (Å²) in [7, 11) is 2.68. The highest BCUT2D eigenvalue weighted by Crippen LogP contribution is 2.29. The van der Waals surface area contributed by atoms with E-state index in [-0.39, 0.29) is 17.8 Å². The van der Waals surface area contributed by atoms with Gasteiger partial charge in [0.15, 0.2) is 0 Å². The lowest BCUT2D eigenvalue weighted by Gasteiger charge is -2.28. The predicted octanol–water partition coefficient (Wildman–Crippen LogP) is 2.35. The van der Waals surface area contributed by atoms with Gasteiger partial charge in [-0.1, -0.05) is 12.8 Å². The van der Waals surface area contributed by atoms with E-state index in [2.05, 4.69) is 5.32 Å². The van der Waals surface area contributed by atoms with E-state index in [1.807, 2.05) is 4.90 Å². The van der Waals surface area contributed by atoms with Gasteiger partial charge in [0, 0.05) is 0 Å². The molecule has 0 unspecified atom stereocenters. The molecule has 1 aliphatic heterocycles. The Hall–Kier alpha value is -2.68. The quantitative estimate of drug-likeness (QED) is 0.440. The van der Waals surface area contributed by atoms with Crippen LogP contribution >= 0.6 is 0 Å². The number of esters is 1. The average Bonchev–Trinajstić information content (AvgIpc) is 2.95. The predicted molar refractivity (Wildman–Crippen MR) is 98.7 cm³/mol. The summed E-state index contributed by atoms with van der Waals surface area (Å²) in [6.45, 7) is 1.39. The zero-order valence-corrected chi connectivity index (χ0v) is 15.6. The molecule has 0 bridgehead atoms. The summed E-state index contributed by atoms with van der Waals surface area (Å²) >= 11 is 0. The van der Waals surface area contributed by atoms with Crippen LogP contribution in [-0.2, 0) is 14.3 Å². The number of nitro benzene ring substituents is 1. The van der Waals surface area contributed by atoms with Crippen molar-refractivity contribution in [3.8, 4) is 5.75 Å². The smallest absolute Gasteiger partial charge is 0.307 e. The number of hydrogen-bond acceptors (Lipinski definition) is 7. The second-order valence-corrected chi connectivity index (χ2v) is 6.38. The molecule has 1 atom stereocenters. The molecule has 27 heavy (non-hydrogen) atoms. The van der Waals surface area contributed by atoms with Gasteiger partial charge < -0.3 is 14.8 Å². The highest BCUT2D eigenvalue weighted by Gasteiger charge is 2.30. The van der Waals surface area contributed by atoms with Gasteiger partial charge in [0.1, 0.15) is 17.5 Å². The van der Waals surface area contributed by atoms with Gasteiger partial charge in [0.2, 0.25) is 5.91 Å². The van der Waals surface area contributed by atoms with Crippen LogP contribution in [0.25, 0.3) is 0 Å². The average molecular weight is 379 g/mol. The van der Waals surface area contributed by atoms with Gasteiger partial charge in [-0.2, -0.15) is 0 Å². The highest BCUT2D eigenvalue weighted by molar-refractivity contribution is 5.98. The fraction of sp³-hybridized carbons (Fsp3) is 0.556. The molecule has 1 aromatic rings. The maximum absolute atomic E-state index is 12.9. The standard InChI is InChI=1S/C18H25N3O6/c1-26-13-7-8-14(15(11-13)21(24)25)19-18(23)16(12-17(22)27-2)20-9-5-3-4-6-10-20/h7-8,11,16H,3-6,9-10,12H2,1-2H3,(H,19,23)/t16-/m0/s1. The van der Waals surface area contributed by atoms with Crippen LogP contribution in [0, 0.1) is 10.1 Å². The van der Waals surface area contributed by atoms with Crippen molar-refractivity contribution in [2.24, 2.45) is 0 Å². The summed E-state index contributed by atoms with van der Waals surface area (Å²) in [6, 6.07) is 3.46. The lowest BCUT2D eigenvalue weighted by molar-refractivity contribution is -0.384. The van der Waals surface area contributed by atoms with Crippen molar-refractivity contribution in [3.05, 3.63) is 28.3 Å². The van der Waals surface area contributed by atoms with E-state index in [1.54, 1.807) is 0 Å². The highest BCUT2D eigenvalue weighted by atomic mass is 16.6. The van der Waals surface area contributed by atoms with Gasteiger partial charge in [-0.05, 0) is 38.1 Å². The fourth-order valence-electron chi connectivity index (χ4n) is 3.15. The van der Waals surface area contributed by atoms with Crippen LogP contribution in [0.3, 0.4) is 0 Å². The lowest BCUT2D eigenvalue weighted by Crippen LogP contribution is -2.46. The molecule has 1 fully saturated rings. The molecule has 0 aromatic heterocycles. The number of nitrogens with zero attached hydrogens (tertiary/aromatic N) is 2. The molecular weight excluding hydrogens is 354 g/mol. The van der Waals surface area contributed by atoms with E-state index in [0.717, 1.165) is 25.7 Å². The summed E-state index contributed by atoms with van der Waals surface area (Å²) in [6.07, 6.45) is 3.92. The third-order valence-corrected chi connectivity index (χ3v) is 4.63. The number of nitrogens with one attached hydrogen (secondary N) is 1. The zero-order valence-electron chi connectivity index (χ0n) is 15.6. The number of carbonyl (C=O) groups is 2. The maximum Gasteiger partial charge on any atom is 0.307 e. The lowest BCUT2D eigenvalue weighted by atomic mass is 10.1. The number of methoxy groups -OCH3 is 2. The van der Waals surface area contributed by atoms with Crippen LogP contribution in [0.1, 0.15) is 32.1 Å². The molecule has 9 nitrogen and oxygen atoms in total. The third-order valence-electron chi connectivity index (χ3n) is 4.63. The van der Waals surface area contributed by atoms with Gasteiger partial charge in [0.25, 0.3) is 5.69 Å². The van der Waals surface area contributed by atoms with E-state index in [1.165, 1.54) is 32.4 Å². The molecule has 148 valence electrons. The number of hydrogen-bond donors (Lipinski definition) is 1. The molecule has 0 spiro atoms. The van der Waals surface area contributed by atoms with E-state index >= 15 is 0 Å². The molecule has 1 amide bonds. The monoisotopic (exact) mass is 379 g/mol. The van der Waals surface area contributed by atoms with Gasteiger partial charge in [-0.15, -0.1) is 0 Å². The minimum absolute atomic E-state index is 0.0653. The number of amides is 1. The number of ether oxygens (including phenoxy) is 2. The second kappa shape index (κ2) is 9.86. The molecule has 0 radical (unpaired) electrons. The van der Waals surface area contributed by atoms with E-state index < -0.39 is 22.8 Å². The van der Waals surface area contributed by atoms with Gasteiger partial charge in [-0.25, -0.2) is 0 Å². The van der Waals surface area contributed by atoms with Crippen molar-refractivity contribution < 1.29 is 24.0 Å². The van der Waals surface area contributed by atoms with Crippen LogP contribution in [0.15, 0.2) is 18.2 Å². The van der Waals surface area contributed by atoms with Gasteiger partial charge >= 0.3 is 5.97 Å². The van der Waals surface area contributed by atoms with Crippen molar-refractivity contribution in [1.82, 2.24) is 4.90 Å². The minimum Gasteiger partial charge on any atom is -0.496 e. The Morgan fingerprint density at radius 3 is 2.44 bits per heavy atom. The Kier molecular flexibility index (Phi) is 7.54. The van der Waals surface area contributed by atoms with Crippen LogP contribution < -0.4 is 10.1 Å². The fourth-order valence-corrected chi connectivity index (χ4v) is 3.15. The largest absolute Gasteiger partial charge is 0.496 e. The SMILES string of the molecule is COC(=O)C[C@@H](C(=O)Nc1ccc(OC)cc1[N+](=O)[O-])N1CCCCCC1. The minimum atomic E-state index is -0.739. The number of benzene rings is 1. The Morgan fingerprint density at radius 1 is 1.22 bits per heavy atom. The van der Waals surface area contributed by atoms with Gasteiger partial charge in [-0.3, -0.25) is 24.6 Å². The molecule has 0 saturated carbocycles. The van der Waals surface area contributed by atoms with Crippen molar-refractivity contribution >= 4 is 23.3 Å². The maximum atomic E-state index is 12.9. The molecule has 1 aliphatic rings. The topological polar surface area (TPSA) is 111 Å². The summed E-state index contributed by atoms with van der Waals surface area (Å²) in [5.41, 5.74) is -0.203.